The third-order valence-corrected chi connectivity index (χ3v) is 4.45. The maximum absolute atomic E-state index is 9.76. The van der Waals surface area contributed by atoms with E-state index in [9.17, 15) is 5.11 Å². The standard InChI is InChI=1S/C15H22BrNO/c1-15(11-18,12-7-9-13(16)10-8-12)17-14-5-3-2-4-6-14/h7-10,14,17-18H,2-6,11H2,1H3. The minimum absolute atomic E-state index is 0.130. The highest BCUT2D eigenvalue weighted by Crippen LogP contribution is 2.26. The zero-order valence-electron chi connectivity index (χ0n) is 11.0. The molecule has 1 aromatic rings. The smallest absolute Gasteiger partial charge is 0.0652 e. The molecule has 0 aromatic heterocycles. The Kier molecular flexibility index (Phi) is 4.82. The van der Waals surface area contributed by atoms with E-state index in [1.54, 1.807) is 0 Å². The number of aliphatic hydroxyl groups excluding tert-OH is 1. The molecule has 1 aromatic carbocycles. The summed E-state index contributed by atoms with van der Waals surface area (Å²) in [6.45, 7) is 2.22. The summed E-state index contributed by atoms with van der Waals surface area (Å²) in [5, 5.41) is 13.4. The zero-order valence-corrected chi connectivity index (χ0v) is 12.5. The van der Waals surface area contributed by atoms with E-state index in [1.165, 1.54) is 32.1 Å². The second-order valence-corrected chi connectivity index (χ2v) is 6.39. The van der Waals surface area contributed by atoms with Crippen LogP contribution < -0.4 is 5.32 Å². The zero-order chi connectivity index (χ0) is 13.0. The molecule has 1 unspecified atom stereocenters. The number of halogens is 1. The molecular formula is C15H22BrNO. The number of benzene rings is 1. The number of hydrogen-bond acceptors (Lipinski definition) is 2. The molecule has 0 heterocycles. The molecular weight excluding hydrogens is 290 g/mol. The molecule has 1 aliphatic carbocycles. The van der Waals surface area contributed by atoms with Gasteiger partial charge in [-0.1, -0.05) is 47.3 Å². The van der Waals surface area contributed by atoms with Crippen molar-refractivity contribution in [2.24, 2.45) is 0 Å². The van der Waals surface area contributed by atoms with Crippen LogP contribution in [0.3, 0.4) is 0 Å². The summed E-state index contributed by atoms with van der Waals surface area (Å²) in [6.07, 6.45) is 6.42. The number of aliphatic hydroxyl groups is 1. The van der Waals surface area contributed by atoms with E-state index in [1.807, 2.05) is 12.1 Å². The highest BCUT2D eigenvalue weighted by Gasteiger charge is 2.29. The van der Waals surface area contributed by atoms with Crippen molar-refractivity contribution >= 4 is 15.9 Å². The van der Waals surface area contributed by atoms with E-state index in [0.29, 0.717) is 6.04 Å². The molecule has 1 aliphatic rings. The van der Waals surface area contributed by atoms with Gasteiger partial charge in [0.1, 0.15) is 0 Å². The number of rotatable bonds is 4. The predicted molar refractivity (Wildman–Crippen MR) is 78.6 cm³/mol. The quantitative estimate of drug-likeness (QED) is 0.891. The molecule has 0 amide bonds. The Labute approximate surface area is 118 Å². The van der Waals surface area contributed by atoms with Crippen LogP contribution >= 0.6 is 15.9 Å². The van der Waals surface area contributed by atoms with Crippen LogP contribution in [0, 0.1) is 0 Å². The molecule has 0 bridgehead atoms. The molecule has 2 rings (SSSR count). The van der Waals surface area contributed by atoms with Gasteiger partial charge in [0.05, 0.1) is 12.1 Å². The van der Waals surface area contributed by atoms with Crippen LogP contribution in [0.1, 0.15) is 44.6 Å². The van der Waals surface area contributed by atoms with Crippen molar-refractivity contribution in [3.05, 3.63) is 34.3 Å². The summed E-state index contributed by atoms with van der Waals surface area (Å²) >= 11 is 3.45. The molecule has 2 nitrogen and oxygen atoms in total. The summed E-state index contributed by atoms with van der Waals surface area (Å²) < 4.78 is 1.07. The largest absolute Gasteiger partial charge is 0.394 e. The lowest BCUT2D eigenvalue weighted by Crippen LogP contribution is -2.49. The van der Waals surface area contributed by atoms with Crippen molar-refractivity contribution in [3.8, 4) is 0 Å². The van der Waals surface area contributed by atoms with Gasteiger partial charge in [-0.25, -0.2) is 0 Å². The minimum atomic E-state index is -0.331. The Morgan fingerprint density at radius 1 is 1.22 bits per heavy atom. The Balaban J connectivity index is 2.10. The molecule has 0 saturated heterocycles. The normalized spacial score (nSPS) is 20.6. The Hall–Kier alpha value is -0.380. The van der Waals surface area contributed by atoms with E-state index in [-0.39, 0.29) is 12.1 Å². The SMILES string of the molecule is CC(CO)(NC1CCCCC1)c1ccc(Br)cc1. The van der Waals surface area contributed by atoms with Crippen molar-refractivity contribution in [2.75, 3.05) is 6.61 Å². The van der Waals surface area contributed by atoms with Crippen LogP contribution in [0.4, 0.5) is 0 Å². The molecule has 0 aliphatic heterocycles. The molecule has 1 saturated carbocycles. The fraction of sp³-hybridized carbons (Fsp3) is 0.600. The third kappa shape index (κ3) is 3.34. The monoisotopic (exact) mass is 311 g/mol. The fourth-order valence-corrected chi connectivity index (χ4v) is 3.00. The lowest BCUT2D eigenvalue weighted by Gasteiger charge is -2.36. The van der Waals surface area contributed by atoms with Gasteiger partial charge in [-0.2, -0.15) is 0 Å². The summed E-state index contributed by atoms with van der Waals surface area (Å²) in [6, 6.07) is 8.77. The van der Waals surface area contributed by atoms with Gasteiger partial charge in [0.25, 0.3) is 0 Å². The maximum atomic E-state index is 9.76. The third-order valence-electron chi connectivity index (χ3n) is 3.93. The van der Waals surface area contributed by atoms with Crippen molar-refractivity contribution in [1.29, 1.82) is 0 Å². The average molecular weight is 312 g/mol. The van der Waals surface area contributed by atoms with Gasteiger partial charge in [-0.15, -0.1) is 0 Å². The first-order valence-electron chi connectivity index (χ1n) is 6.79. The van der Waals surface area contributed by atoms with Gasteiger partial charge in [0.2, 0.25) is 0 Å². The fourth-order valence-electron chi connectivity index (χ4n) is 2.74. The van der Waals surface area contributed by atoms with E-state index in [2.05, 4.69) is 40.3 Å². The summed E-state index contributed by atoms with van der Waals surface area (Å²) in [7, 11) is 0. The molecule has 3 heteroatoms. The lowest BCUT2D eigenvalue weighted by atomic mass is 9.88. The van der Waals surface area contributed by atoms with Crippen LogP contribution in [0.15, 0.2) is 28.7 Å². The predicted octanol–water partition coefficient (Wildman–Crippen LogP) is 3.58. The van der Waals surface area contributed by atoms with Gasteiger partial charge in [-0.3, -0.25) is 0 Å². The van der Waals surface area contributed by atoms with Crippen LogP contribution in [0.2, 0.25) is 0 Å². The molecule has 2 N–H and O–H groups in total. The summed E-state index contributed by atoms with van der Waals surface area (Å²) in [5.74, 6) is 0. The van der Waals surface area contributed by atoms with Crippen molar-refractivity contribution in [2.45, 2.75) is 50.6 Å². The lowest BCUT2D eigenvalue weighted by molar-refractivity contribution is 0.150. The van der Waals surface area contributed by atoms with Crippen molar-refractivity contribution < 1.29 is 5.11 Å². The van der Waals surface area contributed by atoms with Gasteiger partial charge in [0, 0.05) is 10.5 Å². The Bertz CT molecular complexity index is 373. The van der Waals surface area contributed by atoms with Crippen LogP contribution in [0.5, 0.6) is 0 Å². The first kappa shape index (κ1) is 14.0. The molecule has 100 valence electrons. The summed E-state index contributed by atoms with van der Waals surface area (Å²) in [5.41, 5.74) is 0.821. The van der Waals surface area contributed by atoms with Crippen molar-refractivity contribution in [3.63, 3.8) is 0 Å². The Morgan fingerprint density at radius 2 is 1.83 bits per heavy atom. The topological polar surface area (TPSA) is 32.3 Å². The van der Waals surface area contributed by atoms with Gasteiger partial charge < -0.3 is 10.4 Å². The molecule has 1 atom stereocenters. The van der Waals surface area contributed by atoms with E-state index in [0.717, 1.165) is 10.0 Å². The second kappa shape index (κ2) is 6.18. The first-order valence-corrected chi connectivity index (χ1v) is 7.58. The van der Waals surface area contributed by atoms with Crippen LogP contribution in [-0.4, -0.2) is 17.8 Å². The van der Waals surface area contributed by atoms with Crippen molar-refractivity contribution in [1.82, 2.24) is 5.32 Å². The Morgan fingerprint density at radius 3 is 2.39 bits per heavy atom. The van der Waals surface area contributed by atoms with E-state index >= 15 is 0 Å². The average Bonchev–Trinajstić information content (AvgIpc) is 2.40. The first-order chi connectivity index (χ1) is 8.64. The molecule has 0 radical (unpaired) electrons. The highest BCUT2D eigenvalue weighted by atomic mass is 79.9. The maximum Gasteiger partial charge on any atom is 0.0652 e. The summed E-state index contributed by atoms with van der Waals surface area (Å²) in [4.78, 5) is 0. The van der Waals surface area contributed by atoms with E-state index < -0.39 is 0 Å². The second-order valence-electron chi connectivity index (χ2n) is 5.48. The highest BCUT2D eigenvalue weighted by molar-refractivity contribution is 9.10. The van der Waals surface area contributed by atoms with Gasteiger partial charge >= 0.3 is 0 Å². The number of hydrogen-bond donors (Lipinski definition) is 2. The van der Waals surface area contributed by atoms with Crippen LogP contribution in [-0.2, 0) is 5.54 Å². The molecule has 18 heavy (non-hydrogen) atoms. The van der Waals surface area contributed by atoms with Gasteiger partial charge in [-0.05, 0) is 37.5 Å². The molecule has 0 spiro atoms. The number of nitrogens with one attached hydrogen (secondary N) is 1. The molecule has 1 fully saturated rings. The van der Waals surface area contributed by atoms with E-state index in [4.69, 9.17) is 0 Å². The minimum Gasteiger partial charge on any atom is -0.394 e. The van der Waals surface area contributed by atoms with Gasteiger partial charge in [0.15, 0.2) is 0 Å². The van der Waals surface area contributed by atoms with Crippen LogP contribution in [0.25, 0.3) is 0 Å².